The highest BCUT2D eigenvalue weighted by Crippen LogP contribution is 2.14. The van der Waals surface area contributed by atoms with Crippen LogP contribution in [-0.4, -0.2) is 39.8 Å². The van der Waals surface area contributed by atoms with E-state index < -0.39 is 9.84 Å². The number of sulfone groups is 1. The summed E-state index contributed by atoms with van der Waals surface area (Å²) in [5.74, 6) is 1.32. The summed E-state index contributed by atoms with van der Waals surface area (Å²) in [5, 5.41) is 8.55. The first-order valence-electron chi connectivity index (χ1n) is 9.33. The highest BCUT2D eigenvalue weighted by molar-refractivity contribution is 7.91. The summed E-state index contributed by atoms with van der Waals surface area (Å²) < 4.78 is 24.6. The Morgan fingerprint density at radius 2 is 1.93 bits per heavy atom. The van der Waals surface area contributed by atoms with Crippen LogP contribution in [0.5, 0.6) is 0 Å². The van der Waals surface area contributed by atoms with Gasteiger partial charge in [0.15, 0.2) is 15.8 Å². The van der Waals surface area contributed by atoms with Crippen LogP contribution in [0.1, 0.15) is 25.1 Å². The van der Waals surface area contributed by atoms with Crippen LogP contribution in [0.15, 0.2) is 57.7 Å². The largest absolute Gasteiger partial charge is 0.357 e. The molecule has 0 amide bonds. The smallest absolute Gasteiger partial charge is 0.191 e. The molecule has 5 nitrogen and oxygen atoms in total. The third kappa shape index (κ3) is 7.72. The summed E-state index contributed by atoms with van der Waals surface area (Å²) in [6.45, 7) is 6.28. The van der Waals surface area contributed by atoms with E-state index in [-0.39, 0.29) is 5.75 Å². The fourth-order valence-corrected chi connectivity index (χ4v) is 4.84. The van der Waals surface area contributed by atoms with Crippen LogP contribution in [0.4, 0.5) is 0 Å². The number of nitrogens with one attached hydrogen (secondary N) is 2. The van der Waals surface area contributed by atoms with E-state index >= 15 is 0 Å². The Labute approximate surface area is 166 Å². The van der Waals surface area contributed by atoms with Gasteiger partial charge in [-0.1, -0.05) is 31.2 Å². The van der Waals surface area contributed by atoms with Crippen LogP contribution in [-0.2, 0) is 16.3 Å². The number of thiophene rings is 1. The number of hydrogen-bond acceptors (Lipinski definition) is 4. The van der Waals surface area contributed by atoms with E-state index in [2.05, 4.69) is 40.1 Å². The van der Waals surface area contributed by atoms with Crippen molar-refractivity contribution >= 4 is 27.1 Å². The second kappa shape index (κ2) is 11.1. The van der Waals surface area contributed by atoms with Gasteiger partial charge in [-0.3, -0.25) is 4.99 Å². The lowest BCUT2D eigenvalue weighted by Gasteiger charge is -2.13. The Kier molecular flexibility index (Phi) is 8.81. The summed E-state index contributed by atoms with van der Waals surface area (Å²) in [4.78, 5) is 6.39. The first kappa shape index (κ1) is 21.4. The van der Waals surface area contributed by atoms with Gasteiger partial charge in [0.05, 0.1) is 10.6 Å². The van der Waals surface area contributed by atoms with Crippen molar-refractivity contribution in [2.24, 2.45) is 10.9 Å². The Hall–Kier alpha value is -1.86. The molecule has 27 heavy (non-hydrogen) atoms. The molecule has 0 bridgehead atoms. The summed E-state index contributed by atoms with van der Waals surface area (Å²) in [5.41, 5.74) is 0. The Morgan fingerprint density at radius 3 is 2.59 bits per heavy atom. The molecule has 2 aromatic rings. The van der Waals surface area contributed by atoms with Gasteiger partial charge >= 0.3 is 0 Å². The van der Waals surface area contributed by atoms with Crippen LogP contribution in [0.25, 0.3) is 0 Å². The lowest BCUT2D eigenvalue weighted by atomic mass is 10.1. The first-order valence-corrected chi connectivity index (χ1v) is 11.9. The molecule has 0 radical (unpaired) electrons. The van der Waals surface area contributed by atoms with Crippen LogP contribution < -0.4 is 10.6 Å². The molecule has 0 aliphatic rings. The number of guanidine groups is 1. The molecule has 1 heterocycles. The van der Waals surface area contributed by atoms with Gasteiger partial charge in [0.1, 0.15) is 0 Å². The standard InChI is InChI=1S/C20H29N3O2S2/c1-3-21-20(23-16-17(2)15-18-9-7-13-26-18)22-12-8-14-27(24,25)19-10-5-4-6-11-19/h4-7,9-11,13,17H,3,8,12,14-16H2,1-2H3,(H2,21,22,23). The third-order valence-corrected chi connectivity index (χ3v) is 6.73. The van der Waals surface area contributed by atoms with E-state index in [9.17, 15) is 8.42 Å². The maximum absolute atomic E-state index is 12.3. The maximum atomic E-state index is 12.3. The van der Waals surface area contributed by atoms with E-state index in [1.807, 2.05) is 13.0 Å². The number of nitrogens with zero attached hydrogens (tertiary/aromatic N) is 1. The molecule has 0 spiro atoms. The summed E-state index contributed by atoms with van der Waals surface area (Å²) in [7, 11) is -3.22. The molecule has 0 aliphatic carbocycles. The van der Waals surface area contributed by atoms with Gasteiger partial charge in [-0.05, 0) is 49.3 Å². The topological polar surface area (TPSA) is 70.6 Å². The third-order valence-electron chi connectivity index (χ3n) is 4.02. The molecule has 0 saturated heterocycles. The van der Waals surface area contributed by atoms with E-state index in [1.165, 1.54) is 4.88 Å². The lowest BCUT2D eigenvalue weighted by Crippen LogP contribution is -2.38. The lowest BCUT2D eigenvalue weighted by molar-refractivity contribution is 0.590. The number of benzene rings is 1. The van der Waals surface area contributed by atoms with Crippen LogP contribution in [0.3, 0.4) is 0 Å². The number of rotatable bonds is 10. The van der Waals surface area contributed by atoms with Crippen LogP contribution >= 0.6 is 11.3 Å². The van der Waals surface area contributed by atoms with E-state index in [1.54, 1.807) is 35.6 Å². The molecule has 148 valence electrons. The van der Waals surface area contributed by atoms with Crippen LogP contribution in [0.2, 0.25) is 0 Å². The van der Waals surface area contributed by atoms with E-state index in [0.717, 1.165) is 25.5 Å². The van der Waals surface area contributed by atoms with Gasteiger partial charge in [0, 0.05) is 24.5 Å². The van der Waals surface area contributed by atoms with Gasteiger partial charge in [0.25, 0.3) is 0 Å². The summed E-state index contributed by atoms with van der Waals surface area (Å²) >= 11 is 1.78. The molecular weight excluding hydrogens is 378 g/mol. The predicted molar refractivity (Wildman–Crippen MR) is 114 cm³/mol. The van der Waals surface area contributed by atoms with Crippen molar-refractivity contribution in [1.29, 1.82) is 0 Å². The predicted octanol–water partition coefficient (Wildman–Crippen LogP) is 3.35. The van der Waals surface area contributed by atoms with Crippen molar-refractivity contribution in [2.75, 3.05) is 25.4 Å². The molecule has 1 aromatic carbocycles. The monoisotopic (exact) mass is 407 g/mol. The van der Waals surface area contributed by atoms with Crippen molar-refractivity contribution in [3.63, 3.8) is 0 Å². The molecule has 1 aromatic heterocycles. The van der Waals surface area contributed by atoms with Gasteiger partial charge in [0.2, 0.25) is 0 Å². The van der Waals surface area contributed by atoms with E-state index in [0.29, 0.717) is 23.8 Å². The minimum Gasteiger partial charge on any atom is -0.357 e. The fraction of sp³-hybridized carbons (Fsp3) is 0.450. The van der Waals surface area contributed by atoms with Gasteiger partial charge in [-0.2, -0.15) is 0 Å². The quantitative estimate of drug-likeness (QED) is 0.360. The Morgan fingerprint density at radius 1 is 1.15 bits per heavy atom. The Balaban J connectivity index is 1.78. The van der Waals surface area contributed by atoms with Gasteiger partial charge in [-0.15, -0.1) is 11.3 Å². The second-order valence-corrected chi connectivity index (χ2v) is 9.66. The van der Waals surface area contributed by atoms with Gasteiger partial charge in [-0.25, -0.2) is 8.42 Å². The zero-order chi connectivity index (χ0) is 19.5. The average molecular weight is 408 g/mol. The van der Waals surface area contributed by atoms with Crippen molar-refractivity contribution < 1.29 is 8.42 Å². The second-order valence-electron chi connectivity index (χ2n) is 6.52. The number of hydrogen-bond donors (Lipinski definition) is 2. The summed E-state index contributed by atoms with van der Waals surface area (Å²) in [6.07, 6.45) is 1.56. The highest BCUT2D eigenvalue weighted by atomic mass is 32.2. The van der Waals surface area contributed by atoms with Crippen molar-refractivity contribution in [3.8, 4) is 0 Å². The maximum Gasteiger partial charge on any atom is 0.191 e. The molecule has 0 fully saturated rings. The molecule has 7 heteroatoms. The van der Waals surface area contributed by atoms with Crippen molar-refractivity contribution in [2.45, 2.75) is 31.6 Å². The SMILES string of the molecule is CCNC(=NCC(C)Cc1cccs1)NCCCS(=O)(=O)c1ccccc1. The summed E-state index contributed by atoms with van der Waals surface area (Å²) in [6, 6.07) is 12.8. The molecule has 1 unspecified atom stereocenters. The minimum absolute atomic E-state index is 0.123. The van der Waals surface area contributed by atoms with Gasteiger partial charge < -0.3 is 10.6 Å². The highest BCUT2D eigenvalue weighted by Gasteiger charge is 2.13. The minimum atomic E-state index is -3.22. The fourth-order valence-electron chi connectivity index (χ4n) is 2.64. The molecule has 0 saturated carbocycles. The Bertz CT molecular complexity index is 788. The van der Waals surface area contributed by atoms with E-state index in [4.69, 9.17) is 0 Å². The molecular formula is C20H29N3O2S2. The molecule has 2 N–H and O–H groups in total. The zero-order valence-electron chi connectivity index (χ0n) is 16.0. The zero-order valence-corrected chi connectivity index (χ0v) is 17.7. The first-order chi connectivity index (χ1) is 13.0. The van der Waals surface area contributed by atoms with Crippen molar-refractivity contribution in [1.82, 2.24) is 10.6 Å². The molecule has 1 atom stereocenters. The molecule has 2 rings (SSSR count). The van der Waals surface area contributed by atoms with Crippen molar-refractivity contribution in [3.05, 3.63) is 52.7 Å². The number of aliphatic imine (C=N–C) groups is 1. The molecule has 0 aliphatic heterocycles. The average Bonchev–Trinajstić information content (AvgIpc) is 3.17. The normalized spacial score (nSPS) is 13.3. The van der Waals surface area contributed by atoms with Crippen LogP contribution in [0, 0.1) is 5.92 Å².